The maximum Gasteiger partial charge on any atom is 0.259 e. The van der Waals surface area contributed by atoms with Crippen LogP contribution in [0.4, 0.5) is 10.3 Å². The van der Waals surface area contributed by atoms with Crippen LogP contribution in [-0.4, -0.2) is 24.9 Å². The van der Waals surface area contributed by atoms with E-state index >= 15 is 0 Å². The normalized spacial score (nSPS) is 11.3. The lowest BCUT2D eigenvalue weighted by atomic mass is 10.0. The number of rotatable bonds is 8. The van der Waals surface area contributed by atoms with Gasteiger partial charge in [0.2, 0.25) is 0 Å². The molecule has 6 aromatic rings. The number of pyridine rings is 2. The van der Waals surface area contributed by atoms with Crippen molar-refractivity contribution >= 4 is 38.7 Å². The van der Waals surface area contributed by atoms with Gasteiger partial charge in [0.25, 0.3) is 11.1 Å². The van der Waals surface area contributed by atoms with Crippen molar-refractivity contribution in [2.24, 2.45) is 0 Å². The molecule has 0 aliphatic carbocycles. The third kappa shape index (κ3) is 4.67. The second-order valence-electron chi connectivity index (χ2n) is 9.21. The summed E-state index contributed by atoms with van der Waals surface area (Å²) in [5.74, 6) is 0.525. The Morgan fingerprint density at radius 1 is 0.786 bits per heavy atom. The summed E-state index contributed by atoms with van der Waals surface area (Å²) in [6.45, 7) is 4.27. The number of hydrogen-bond acceptors (Lipinski definition) is 11. The molecule has 6 rings (SSSR count). The number of aromatic nitrogens is 4. The average Bonchev–Trinajstić information content (AvgIpc) is 3.80. The first-order valence-electron chi connectivity index (χ1n) is 12.9. The van der Waals surface area contributed by atoms with Crippen LogP contribution in [0, 0.1) is 0 Å². The van der Waals surface area contributed by atoms with Crippen molar-refractivity contribution < 1.29 is 13.6 Å². The molecule has 0 aliphatic heterocycles. The summed E-state index contributed by atoms with van der Waals surface area (Å²) in [5.41, 5.74) is 13.4. The molecule has 13 heteroatoms. The number of ketones is 1. The Balaban J connectivity index is 1.52. The minimum absolute atomic E-state index is 0.256. The van der Waals surface area contributed by atoms with Gasteiger partial charge in [0.1, 0.15) is 11.4 Å². The Bertz CT molecular complexity index is 1900. The maximum atomic E-state index is 14.1. The van der Waals surface area contributed by atoms with E-state index in [0.717, 1.165) is 22.7 Å². The Kier molecular flexibility index (Phi) is 6.96. The van der Waals surface area contributed by atoms with Crippen LogP contribution in [0.1, 0.15) is 29.8 Å². The summed E-state index contributed by atoms with van der Waals surface area (Å²) in [4.78, 5) is 50.7. The molecule has 0 saturated heterocycles. The highest BCUT2D eigenvalue weighted by atomic mass is 32.1. The Hall–Kier alpha value is -5.01. The number of aryl methyl sites for hydroxylation is 2. The molecule has 0 aromatic carbocycles. The van der Waals surface area contributed by atoms with Gasteiger partial charge in [-0.05, 0) is 50.2 Å². The third-order valence-electron chi connectivity index (χ3n) is 6.66. The van der Waals surface area contributed by atoms with Crippen LogP contribution in [0.5, 0.6) is 0 Å². The van der Waals surface area contributed by atoms with Gasteiger partial charge >= 0.3 is 0 Å². The van der Waals surface area contributed by atoms with Crippen LogP contribution in [0.15, 0.2) is 79.7 Å². The standard InChI is InChI=1S/C29H24N6O5S2/c1-3-34-13-15(11-17(26(34)37)24-21(32-28(30)41-24)19-7-5-9-39-19)23(36)16-12-18(27(38)35(4-2)14-16)25-22(33-29(31)42-25)20-8-6-10-40-20/h5-14H,3-4H2,1-2H3,(H2,30,32)(H2,31,33). The van der Waals surface area contributed by atoms with Crippen molar-refractivity contribution in [3.63, 3.8) is 0 Å². The second kappa shape index (κ2) is 10.8. The van der Waals surface area contributed by atoms with Crippen molar-refractivity contribution in [2.45, 2.75) is 26.9 Å². The van der Waals surface area contributed by atoms with Crippen LogP contribution in [-0.2, 0) is 13.1 Å². The first-order chi connectivity index (χ1) is 20.3. The van der Waals surface area contributed by atoms with Crippen LogP contribution in [0.3, 0.4) is 0 Å². The van der Waals surface area contributed by atoms with E-state index in [1.807, 2.05) is 13.8 Å². The summed E-state index contributed by atoms with van der Waals surface area (Å²) in [6, 6.07) is 9.96. The van der Waals surface area contributed by atoms with Crippen LogP contribution >= 0.6 is 22.7 Å². The van der Waals surface area contributed by atoms with Gasteiger partial charge in [-0.3, -0.25) is 14.4 Å². The summed E-state index contributed by atoms with van der Waals surface area (Å²) in [5, 5.41) is 0.512. The molecular weight excluding hydrogens is 576 g/mol. The molecule has 212 valence electrons. The predicted octanol–water partition coefficient (Wildman–Crippen LogP) is 5.21. The number of carbonyl (C=O) groups excluding carboxylic acids is 1. The molecule has 0 bridgehead atoms. The number of nitrogens with zero attached hydrogens (tertiary/aromatic N) is 4. The van der Waals surface area contributed by atoms with E-state index in [4.69, 9.17) is 20.3 Å². The highest BCUT2D eigenvalue weighted by molar-refractivity contribution is 7.19. The minimum Gasteiger partial charge on any atom is -0.463 e. The average molecular weight is 601 g/mol. The van der Waals surface area contributed by atoms with Crippen molar-refractivity contribution in [1.82, 2.24) is 19.1 Å². The fourth-order valence-electron chi connectivity index (χ4n) is 4.68. The van der Waals surface area contributed by atoms with Crippen LogP contribution < -0.4 is 22.6 Å². The number of nitrogens with two attached hydrogens (primary N) is 2. The third-order valence-corrected chi connectivity index (χ3v) is 8.50. The highest BCUT2D eigenvalue weighted by Gasteiger charge is 2.24. The Morgan fingerprint density at radius 3 is 1.57 bits per heavy atom. The van der Waals surface area contributed by atoms with Crippen molar-refractivity contribution in [3.8, 4) is 43.8 Å². The number of carbonyl (C=O) groups is 1. The summed E-state index contributed by atoms with van der Waals surface area (Å²) < 4.78 is 14.0. The summed E-state index contributed by atoms with van der Waals surface area (Å²) in [6.07, 6.45) is 6.05. The van der Waals surface area contributed by atoms with Crippen molar-refractivity contribution in [3.05, 3.63) is 93.2 Å². The zero-order valence-corrected chi connectivity index (χ0v) is 24.1. The fraction of sp³-hybridized carbons (Fsp3) is 0.138. The van der Waals surface area contributed by atoms with Crippen molar-refractivity contribution in [2.75, 3.05) is 11.5 Å². The van der Waals surface area contributed by atoms with Gasteiger partial charge < -0.3 is 29.4 Å². The lowest BCUT2D eigenvalue weighted by molar-refractivity contribution is 0.103. The molecule has 0 aliphatic rings. The number of hydrogen-bond donors (Lipinski definition) is 2. The van der Waals surface area contributed by atoms with Crippen LogP contribution in [0.25, 0.3) is 43.8 Å². The maximum absolute atomic E-state index is 14.1. The van der Waals surface area contributed by atoms with Gasteiger partial charge in [-0.1, -0.05) is 22.7 Å². The number of furan rings is 2. The zero-order valence-electron chi connectivity index (χ0n) is 22.5. The van der Waals surface area contributed by atoms with Crippen LogP contribution in [0.2, 0.25) is 0 Å². The van der Waals surface area contributed by atoms with E-state index in [0.29, 0.717) is 45.8 Å². The quantitative estimate of drug-likeness (QED) is 0.223. The molecule has 0 fully saturated rings. The van der Waals surface area contributed by atoms with Crippen molar-refractivity contribution in [1.29, 1.82) is 0 Å². The van der Waals surface area contributed by atoms with E-state index in [2.05, 4.69) is 9.97 Å². The highest BCUT2D eigenvalue weighted by Crippen LogP contribution is 2.39. The van der Waals surface area contributed by atoms with E-state index in [9.17, 15) is 14.4 Å². The van der Waals surface area contributed by atoms with E-state index in [-0.39, 0.29) is 49.4 Å². The van der Waals surface area contributed by atoms with E-state index in [1.54, 1.807) is 24.3 Å². The molecule has 0 saturated carbocycles. The molecule has 0 spiro atoms. The summed E-state index contributed by atoms with van der Waals surface area (Å²) in [7, 11) is 0. The Morgan fingerprint density at radius 2 is 1.21 bits per heavy atom. The number of anilines is 2. The smallest absolute Gasteiger partial charge is 0.259 e. The monoisotopic (exact) mass is 600 g/mol. The van der Waals surface area contributed by atoms with E-state index < -0.39 is 0 Å². The van der Waals surface area contributed by atoms with E-state index in [1.165, 1.54) is 46.2 Å². The van der Waals surface area contributed by atoms with Gasteiger partial charge in [0.05, 0.1) is 33.4 Å². The molecular formula is C29H24N6O5S2. The zero-order chi connectivity index (χ0) is 29.5. The predicted molar refractivity (Wildman–Crippen MR) is 163 cm³/mol. The molecule has 4 N–H and O–H groups in total. The van der Waals surface area contributed by atoms with Gasteiger partial charge in [0, 0.05) is 36.6 Å². The molecule has 0 unspecified atom stereocenters. The molecule has 0 radical (unpaired) electrons. The lowest BCUT2D eigenvalue weighted by Gasteiger charge is -2.12. The largest absolute Gasteiger partial charge is 0.463 e. The first kappa shape index (κ1) is 27.2. The molecule has 6 heterocycles. The molecule has 0 atom stereocenters. The van der Waals surface area contributed by atoms with Gasteiger partial charge in [-0.2, -0.15) is 0 Å². The SMILES string of the molecule is CCn1cc(C(=O)c2cc(-c3sc(N)nc3-c3ccco3)c(=O)n(CC)c2)cc(-c2sc(N)nc2-c2ccco2)c1=O. The van der Waals surface area contributed by atoms with Gasteiger partial charge in [-0.25, -0.2) is 9.97 Å². The fourth-order valence-corrected chi connectivity index (χ4v) is 6.37. The Labute approximate surface area is 246 Å². The molecule has 6 aromatic heterocycles. The number of thiazole rings is 2. The molecule has 11 nitrogen and oxygen atoms in total. The first-order valence-corrected chi connectivity index (χ1v) is 14.6. The molecule has 42 heavy (non-hydrogen) atoms. The number of nitrogen functional groups attached to an aromatic ring is 2. The summed E-state index contributed by atoms with van der Waals surface area (Å²) >= 11 is 2.27. The molecule has 0 amide bonds. The second-order valence-corrected chi connectivity index (χ2v) is 11.3. The van der Waals surface area contributed by atoms with Gasteiger partial charge in [-0.15, -0.1) is 0 Å². The minimum atomic E-state index is -0.379. The topological polar surface area (TPSA) is 165 Å². The van der Waals surface area contributed by atoms with Gasteiger partial charge in [0.15, 0.2) is 27.6 Å². The lowest BCUT2D eigenvalue weighted by Crippen LogP contribution is -2.24.